The maximum Gasteiger partial charge on any atom is 0.226 e. The average molecular weight is 350 g/mol. The van der Waals surface area contributed by atoms with Gasteiger partial charge in [0, 0.05) is 23.7 Å². The smallest absolute Gasteiger partial charge is 0.226 e. The second-order valence-electron chi connectivity index (χ2n) is 6.42. The third-order valence-electron chi connectivity index (χ3n) is 4.70. The van der Waals surface area contributed by atoms with E-state index in [4.69, 9.17) is 9.15 Å². The summed E-state index contributed by atoms with van der Waals surface area (Å²) in [5.41, 5.74) is 4.17. The second kappa shape index (κ2) is 7.22. The minimum absolute atomic E-state index is 0.156. The van der Waals surface area contributed by atoms with Crippen LogP contribution in [0, 0.1) is 0 Å². The Morgan fingerprint density at radius 3 is 2.77 bits per heavy atom. The molecule has 0 spiro atoms. The molecule has 0 radical (unpaired) electrons. The number of ether oxygens (including phenoxy) is 1. The summed E-state index contributed by atoms with van der Waals surface area (Å²) in [5, 5.41) is 9.64. The average Bonchev–Trinajstić information content (AvgIpc) is 3.28. The third kappa shape index (κ3) is 3.18. The molecule has 1 aliphatic rings. The number of para-hydroxylation sites is 1. The number of hydrogen-bond acceptors (Lipinski definition) is 5. The molecule has 0 amide bonds. The summed E-state index contributed by atoms with van der Waals surface area (Å²) in [6, 6.07) is 16.0. The number of aromatic nitrogens is 1. The number of fused-ring (bicyclic) bond motifs is 1. The number of aliphatic hydroxyl groups is 1. The zero-order valence-electron chi connectivity index (χ0n) is 14.8. The van der Waals surface area contributed by atoms with Gasteiger partial charge in [0.1, 0.15) is 12.0 Å². The van der Waals surface area contributed by atoms with Crippen LogP contribution in [-0.4, -0.2) is 29.8 Å². The fraction of sp³-hybridized carbons (Fsp3) is 0.286. The normalized spacial score (nSPS) is 15.9. The van der Waals surface area contributed by atoms with Crippen LogP contribution in [-0.2, 0) is 6.54 Å². The number of nitrogens with zero attached hydrogens (tertiary/aromatic N) is 2. The summed E-state index contributed by atoms with van der Waals surface area (Å²) in [6.45, 7) is 4.22. The van der Waals surface area contributed by atoms with Gasteiger partial charge in [0.2, 0.25) is 5.89 Å². The summed E-state index contributed by atoms with van der Waals surface area (Å²) in [4.78, 5) is 6.88. The molecule has 0 fully saturated rings. The van der Waals surface area contributed by atoms with Crippen LogP contribution in [0.15, 0.2) is 59.2 Å². The molecule has 4 rings (SSSR count). The van der Waals surface area contributed by atoms with Crippen LogP contribution in [0.5, 0.6) is 5.75 Å². The summed E-state index contributed by atoms with van der Waals surface area (Å²) in [7, 11) is 0. The van der Waals surface area contributed by atoms with E-state index in [0.717, 1.165) is 29.2 Å². The molecule has 1 aromatic heterocycles. The molecule has 5 heteroatoms. The molecule has 134 valence electrons. The van der Waals surface area contributed by atoms with Gasteiger partial charge in [-0.25, -0.2) is 4.98 Å². The highest BCUT2D eigenvalue weighted by atomic mass is 16.5. The molecular weight excluding hydrogens is 328 g/mol. The summed E-state index contributed by atoms with van der Waals surface area (Å²) in [6.07, 6.45) is 1.71. The minimum Gasteiger partial charge on any atom is -0.494 e. The van der Waals surface area contributed by atoms with Crippen molar-refractivity contribution in [2.24, 2.45) is 0 Å². The Morgan fingerprint density at radius 1 is 1.19 bits per heavy atom. The van der Waals surface area contributed by atoms with Gasteiger partial charge in [0.05, 0.1) is 25.5 Å². The zero-order chi connectivity index (χ0) is 17.9. The van der Waals surface area contributed by atoms with Gasteiger partial charge >= 0.3 is 0 Å². The number of aliphatic hydroxyl groups excluding tert-OH is 1. The van der Waals surface area contributed by atoms with Gasteiger partial charge in [-0.15, -0.1) is 0 Å². The standard InChI is InChI=1S/C21H22N2O3/c1-2-25-18-9-7-15(8-10-18)21-22-17(14-26-21)12-23-11-16(13-24)19-5-3-4-6-20(19)23/h3-10,14,16,24H,2,11-13H2,1H3. The fourth-order valence-corrected chi connectivity index (χ4v) is 3.46. The first-order valence-electron chi connectivity index (χ1n) is 8.91. The highest BCUT2D eigenvalue weighted by Crippen LogP contribution is 2.36. The molecule has 3 aromatic rings. The molecular formula is C21H22N2O3. The van der Waals surface area contributed by atoms with E-state index in [1.165, 1.54) is 5.56 Å². The maximum absolute atomic E-state index is 9.64. The number of hydrogen-bond donors (Lipinski definition) is 1. The van der Waals surface area contributed by atoms with Crippen LogP contribution in [0.2, 0.25) is 0 Å². The summed E-state index contributed by atoms with van der Waals surface area (Å²) in [5.74, 6) is 1.60. The Hall–Kier alpha value is -2.79. The lowest BCUT2D eigenvalue weighted by molar-refractivity contribution is 0.270. The molecule has 26 heavy (non-hydrogen) atoms. The molecule has 2 heterocycles. The van der Waals surface area contributed by atoms with Crippen LogP contribution in [0.1, 0.15) is 24.1 Å². The summed E-state index contributed by atoms with van der Waals surface area (Å²) < 4.78 is 11.1. The lowest BCUT2D eigenvalue weighted by atomic mass is 10.0. The number of oxazole rings is 1. The Labute approximate surface area is 152 Å². The minimum atomic E-state index is 0.156. The van der Waals surface area contributed by atoms with Crippen LogP contribution < -0.4 is 9.64 Å². The predicted molar refractivity (Wildman–Crippen MR) is 100 cm³/mol. The first-order chi connectivity index (χ1) is 12.8. The van der Waals surface area contributed by atoms with E-state index in [1.807, 2.05) is 43.3 Å². The van der Waals surface area contributed by atoms with Crippen molar-refractivity contribution >= 4 is 5.69 Å². The molecule has 1 N–H and O–H groups in total. The molecule has 1 atom stereocenters. The van der Waals surface area contributed by atoms with Crippen LogP contribution in [0.25, 0.3) is 11.5 Å². The van der Waals surface area contributed by atoms with Crippen LogP contribution in [0.3, 0.4) is 0 Å². The number of rotatable bonds is 6. The van der Waals surface area contributed by atoms with E-state index in [1.54, 1.807) is 6.26 Å². The van der Waals surface area contributed by atoms with Crippen LogP contribution >= 0.6 is 0 Å². The van der Waals surface area contributed by atoms with E-state index in [0.29, 0.717) is 19.0 Å². The summed E-state index contributed by atoms with van der Waals surface area (Å²) >= 11 is 0. The molecule has 2 aromatic carbocycles. The largest absolute Gasteiger partial charge is 0.494 e. The van der Waals surface area contributed by atoms with Crippen molar-refractivity contribution in [3.63, 3.8) is 0 Å². The van der Waals surface area contributed by atoms with Gasteiger partial charge in [-0.1, -0.05) is 18.2 Å². The van der Waals surface area contributed by atoms with E-state index in [2.05, 4.69) is 22.0 Å². The highest BCUT2D eigenvalue weighted by Gasteiger charge is 2.28. The Bertz CT molecular complexity index is 873. The zero-order valence-corrected chi connectivity index (χ0v) is 14.8. The van der Waals surface area contributed by atoms with Gasteiger partial charge in [-0.2, -0.15) is 0 Å². The number of anilines is 1. The van der Waals surface area contributed by atoms with Gasteiger partial charge < -0.3 is 19.2 Å². The van der Waals surface area contributed by atoms with Gasteiger partial charge in [0.15, 0.2) is 0 Å². The van der Waals surface area contributed by atoms with Gasteiger partial charge in [-0.3, -0.25) is 0 Å². The molecule has 1 unspecified atom stereocenters. The Kier molecular flexibility index (Phi) is 4.63. The van der Waals surface area contributed by atoms with Crippen molar-refractivity contribution in [3.05, 3.63) is 66.1 Å². The third-order valence-corrected chi connectivity index (χ3v) is 4.70. The SMILES string of the molecule is CCOc1ccc(-c2nc(CN3CC(CO)c4ccccc43)co2)cc1. The molecule has 0 aliphatic carbocycles. The molecule has 0 bridgehead atoms. The molecule has 1 aliphatic heterocycles. The fourth-order valence-electron chi connectivity index (χ4n) is 3.46. The van der Waals surface area contributed by atoms with E-state index in [9.17, 15) is 5.11 Å². The number of benzene rings is 2. The van der Waals surface area contributed by atoms with E-state index in [-0.39, 0.29) is 12.5 Å². The van der Waals surface area contributed by atoms with E-state index < -0.39 is 0 Å². The van der Waals surface area contributed by atoms with Gasteiger partial charge in [-0.05, 0) is 42.8 Å². The molecule has 0 saturated heterocycles. The molecule has 5 nitrogen and oxygen atoms in total. The van der Waals surface area contributed by atoms with Crippen molar-refractivity contribution in [2.45, 2.75) is 19.4 Å². The first-order valence-corrected chi connectivity index (χ1v) is 8.91. The Morgan fingerprint density at radius 2 is 2.00 bits per heavy atom. The van der Waals surface area contributed by atoms with Crippen molar-refractivity contribution in [1.29, 1.82) is 0 Å². The maximum atomic E-state index is 9.64. The quantitative estimate of drug-likeness (QED) is 0.732. The van der Waals surface area contributed by atoms with Crippen molar-refractivity contribution in [2.75, 3.05) is 24.7 Å². The highest BCUT2D eigenvalue weighted by molar-refractivity contribution is 5.60. The van der Waals surface area contributed by atoms with E-state index >= 15 is 0 Å². The van der Waals surface area contributed by atoms with Crippen molar-refractivity contribution < 1.29 is 14.3 Å². The van der Waals surface area contributed by atoms with Crippen LogP contribution in [0.4, 0.5) is 5.69 Å². The predicted octanol–water partition coefficient (Wildman–Crippen LogP) is 3.84. The topological polar surface area (TPSA) is 58.7 Å². The van der Waals surface area contributed by atoms with Crippen molar-refractivity contribution in [3.8, 4) is 17.2 Å². The monoisotopic (exact) mass is 350 g/mol. The first kappa shape index (κ1) is 16.7. The van der Waals surface area contributed by atoms with Crippen molar-refractivity contribution in [1.82, 2.24) is 4.98 Å². The lowest BCUT2D eigenvalue weighted by Crippen LogP contribution is -2.22. The second-order valence-corrected chi connectivity index (χ2v) is 6.42. The molecule has 0 saturated carbocycles. The Balaban J connectivity index is 1.51. The lowest BCUT2D eigenvalue weighted by Gasteiger charge is -2.18. The van der Waals surface area contributed by atoms with Gasteiger partial charge in [0.25, 0.3) is 0 Å².